The molecule has 0 atom stereocenters. The maximum absolute atomic E-state index is 12.4. The van der Waals surface area contributed by atoms with Gasteiger partial charge in [0.05, 0.1) is 6.20 Å². The molecule has 0 saturated carbocycles. The fourth-order valence-corrected chi connectivity index (χ4v) is 2.90. The molecule has 0 radical (unpaired) electrons. The Bertz CT molecular complexity index is 1060. The lowest BCUT2D eigenvalue weighted by Crippen LogP contribution is -2.19. The van der Waals surface area contributed by atoms with E-state index in [1.807, 2.05) is 73.7 Å². The molecule has 0 unspecified atom stereocenters. The first-order valence-electron chi connectivity index (χ1n) is 8.44. The molecule has 0 fully saturated rings. The van der Waals surface area contributed by atoms with Crippen molar-refractivity contribution in [1.29, 1.82) is 0 Å². The number of carbonyl (C=O) groups excluding carboxylic acids is 1. The number of carbonyl (C=O) groups is 1. The topological polar surface area (TPSA) is 59.8 Å². The molecule has 0 spiro atoms. The second kappa shape index (κ2) is 6.80. The number of aryl methyl sites for hydroxylation is 1. The highest BCUT2D eigenvalue weighted by molar-refractivity contribution is 6.01. The van der Waals surface area contributed by atoms with Crippen LogP contribution in [0.5, 0.6) is 0 Å². The van der Waals surface area contributed by atoms with Crippen molar-refractivity contribution in [1.82, 2.24) is 15.0 Å². The van der Waals surface area contributed by atoms with Crippen molar-refractivity contribution in [2.75, 3.05) is 5.32 Å². The molecule has 1 amide bonds. The second-order valence-electron chi connectivity index (χ2n) is 6.24. The molecule has 0 bridgehead atoms. The van der Waals surface area contributed by atoms with Gasteiger partial charge < -0.3 is 5.32 Å². The SMILES string of the molecule is Cc1ccc(-c2cn(CC(=O)Nc3cccc4ccccc34)nn2)cc1. The van der Waals surface area contributed by atoms with E-state index in [2.05, 4.69) is 15.6 Å². The van der Waals surface area contributed by atoms with Gasteiger partial charge in [0.15, 0.2) is 0 Å². The van der Waals surface area contributed by atoms with Crippen molar-refractivity contribution >= 4 is 22.4 Å². The minimum absolute atomic E-state index is 0.113. The summed E-state index contributed by atoms with van der Waals surface area (Å²) >= 11 is 0. The van der Waals surface area contributed by atoms with E-state index in [0.29, 0.717) is 0 Å². The van der Waals surface area contributed by atoms with Gasteiger partial charge in [-0.3, -0.25) is 4.79 Å². The number of rotatable bonds is 4. The van der Waals surface area contributed by atoms with Gasteiger partial charge in [0.2, 0.25) is 5.91 Å². The lowest BCUT2D eigenvalue weighted by Gasteiger charge is -2.08. The van der Waals surface area contributed by atoms with Gasteiger partial charge in [-0.1, -0.05) is 71.4 Å². The lowest BCUT2D eigenvalue weighted by atomic mass is 10.1. The zero-order valence-corrected chi connectivity index (χ0v) is 14.4. The smallest absolute Gasteiger partial charge is 0.246 e. The van der Waals surface area contributed by atoms with Crippen LogP contribution < -0.4 is 5.32 Å². The molecule has 3 aromatic carbocycles. The minimum Gasteiger partial charge on any atom is -0.324 e. The fourth-order valence-electron chi connectivity index (χ4n) is 2.90. The van der Waals surface area contributed by atoms with E-state index in [1.54, 1.807) is 10.9 Å². The summed E-state index contributed by atoms with van der Waals surface area (Å²) in [6, 6.07) is 21.9. The molecule has 1 N–H and O–H groups in total. The molecule has 0 aliphatic rings. The Hall–Kier alpha value is -3.47. The number of hydrogen-bond donors (Lipinski definition) is 1. The second-order valence-corrected chi connectivity index (χ2v) is 6.24. The van der Waals surface area contributed by atoms with Crippen LogP contribution in [0.25, 0.3) is 22.0 Å². The van der Waals surface area contributed by atoms with Gasteiger partial charge in [-0.15, -0.1) is 5.10 Å². The van der Waals surface area contributed by atoms with Crippen LogP contribution in [0.1, 0.15) is 5.56 Å². The summed E-state index contributed by atoms with van der Waals surface area (Å²) in [5.41, 5.74) is 3.72. The molecule has 0 aliphatic carbocycles. The maximum Gasteiger partial charge on any atom is 0.246 e. The fraction of sp³-hybridized carbons (Fsp3) is 0.0952. The Morgan fingerprint density at radius 2 is 1.77 bits per heavy atom. The number of benzene rings is 3. The first kappa shape index (κ1) is 16.0. The molecule has 5 nitrogen and oxygen atoms in total. The average molecular weight is 342 g/mol. The molecule has 5 heteroatoms. The molecule has 4 aromatic rings. The van der Waals surface area contributed by atoms with Gasteiger partial charge in [-0.25, -0.2) is 4.68 Å². The standard InChI is InChI=1S/C21H18N4O/c1-15-9-11-17(12-10-15)20-13-25(24-23-20)14-21(26)22-19-8-4-6-16-5-2-3-7-18(16)19/h2-13H,14H2,1H3,(H,22,26). The first-order chi connectivity index (χ1) is 12.7. The zero-order valence-electron chi connectivity index (χ0n) is 14.4. The monoisotopic (exact) mass is 342 g/mol. The van der Waals surface area contributed by atoms with E-state index >= 15 is 0 Å². The number of fused-ring (bicyclic) bond motifs is 1. The molecule has 0 aliphatic heterocycles. The van der Waals surface area contributed by atoms with Gasteiger partial charge >= 0.3 is 0 Å². The van der Waals surface area contributed by atoms with Crippen molar-refractivity contribution in [2.45, 2.75) is 13.5 Å². The van der Waals surface area contributed by atoms with Gasteiger partial charge in [0.25, 0.3) is 0 Å². The third-order valence-corrected chi connectivity index (χ3v) is 4.26. The normalized spacial score (nSPS) is 10.8. The largest absolute Gasteiger partial charge is 0.324 e. The number of nitrogens with zero attached hydrogens (tertiary/aromatic N) is 3. The highest BCUT2D eigenvalue weighted by Crippen LogP contribution is 2.23. The number of hydrogen-bond acceptors (Lipinski definition) is 3. The van der Waals surface area contributed by atoms with Crippen molar-refractivity contribution in [3.8, 4) is 11.3 Å². The molecule has 1 aromatic heterocycles. The van der Waals surface area contributed by atoms with Crippen LogP contribution in [0.3, 0.4) is 0 Å². The molecule has 128 valence electrons. The van der Waals surface area contributed by atoms with Gasteiger partial charge in [-0.05, 0) is 18.4 Å². The molecule has 26 heavy (non-hydrogen) atoms. The van der Waals surface area contributed by atoms with Crippen LogP contribution >= 0.6 is 0 Å². The van der Waals surface area contributed by atoms with Crippen molar-refractivity contribution < 1.29 is 4.79 Å². The summed E-state index contributed by atoms with van der Waals surface area (Å²) in [4.78, 5) is 12.4. The van der Waals surface area contributed by atoms with Crippen molar-refractivity contribution in [3.63, 3.8) is 0 Å². The molecule has 1 heterocycles. The highest BCUT2D eigenvalue weighted by Gasteiger charge is 2.09. The Balaban J connectivity index is 1.49. The molecular weight excluding hydrogens is 324 g/mol. The van der Waals surface area contributed by atoms with E-state index in [-0.39, 0.29) is 12.5 Å². The summed E-state index contributed by atoms with van der Waals surface area (Å²) in [5.74, 6) is -0.137. The Morgan fingerprint density at radius 3 is 2.62 bits per heavy atom. The Labute approximate surface area is 151 Å². The average Bonchev–Trinajstić information content (AvgIpc) is 3.11. The van der Waals surface area contributed by atoms with Crippen LogP contribution in [-0.4, -0.2) is 20.9 Å². The summed E-state index contributed by atoms with van der Waals surface area (Å²) in [6.07, 6.45) is 1.79. The van der Waals surface area contributed by atoms with Crippen LogP contribution in [0, 0.1) is 6.92 Å². The van der Waals surface area contributed by atoms with Crippen LogP contribution in [0.2, 0.25) is 0 Å². The quantitative estimate of drug-likeness (QED) is 0.609. The third-order valence-electron chi connectivity index (χ3n) is 4.26. The number of amides is 1. The van der Waals surface area contributed by atoms with E-state index in [1.165, 1.54) is 5.56 Å². The number of aromatic nitrogens is 3. The number of nitrogens with one attached hydrogen (secondary N) is 1. The Morgan fingerprint density at radius 1 is 1.00 bits per heavy atom. The maximum atomic E-state index is 12.4. The minimum atomic E-state index is -0.137. The molecule has 0 saturated heterocycles. The summed E-state index contributed by atoms with van der Waals surface area (Å²) in [7, 11) is 0. The van der Waals surface area contributed by atoms with E-state index in [9.17, 15) is 4.79 Å². The molecular formula is C21H18N4O. The van der Waals surface area contributed by atoms with E-state index < -0.39 is 0 Å². The van der Waals surface area contributed by atoms with Crippen LogP contribution in [0.15, 0.2) is 72.9 Å². The van der Waals surface area contributed by atoms with Crippen molar-refractivity contribution in [2.24, 2.45) is 0 Å². The first-order valence-corrected chi connectivity index (χ1v) is 8.44. The van der Waals surface area contributed by atoms with Crippen molar-refractivity contribution in [3.05, 3.63) is 78.5 Å². The summed E-state index contributed by atoms with van der Waals surface area (Å²) in [5, 5.41) is 13.3. The predicted octanol–water partition coefficient (Wildman–Crippen LogP) is 4.05. The zero-order chi connectivity index (χ0) is 17.9. The van der Waals surface area contributed by atoms with Crippen LogP contribution in [0.4, 0.5) is 5.69 Å². The Kier molecular flexibility index (Phi) is 4.19. The van der Waals surface area contributed by atoms with Gasteiger partial charge in [0, 0.05) is 16.6 Å². The van der Waals surface area contributed by atoms with Gasteiger partial charge in [0.1, 0.15) is 12.2 Å². The number of anilines is 1. The van der Waals surface area contributed by atoms with Crippen LogP contribution in [-0.2, 0) is 11.3 Å². The lowest BCUT2D eigenvalue weighted by molar-refractivity contribution is -0.116. The highest BCUT2D eigenvalue weighted by atomic mass is 16.2. The third kappa shape index (κ3) is 3.32. The summed E-state index contributed by atoms with van der Waals surface area (Å²) < 4.78 is 1.55. The van der Waals surface area contributed by atoms with E-state index in [0.717, 1.165) is 27.7 Å². The molecule has 4 rings (SSSR count). The summed E-state index contributed by atoms with van der Waals surface area (Å²) in [6.45, 7) is 2.15. The van der Waals surface area contributed by atoms with E-state index in [4.69, 9.17) is 0 Å². The predicted molar refractivity (Wildman–Crippen MR) is 103 cm³/mol. The van der Waals surface area contributed by atoms with Gasteiger partial charge in [-0.2, -0.15) is 0 Å².